The van der Waals surface area contributed by atoms with E-state index in [0.717, 1.165) is 37.8 Å². The van der Waals surface area contributed by atoms with E-state index >= 15 is 0 Å². The summed E-state index contributed by atoms with van der Waals surface area (Å²) in [5.74, 6) is -0.366. The largest absolute Gasteiger partial charge is 0.463 e. The Bertz CT molecular complexity index is 361. The Hall–Kier alpha value is -1.32. The van der Waals surface area contributed by atoms with E-state index in [2.05, 4.69) is 20.8 Å². The minimum atomic E-state index is -0.487. The SMILES string of the molecule is CCCCCCCCC(C)OC(=O)/C=C/C(=O)OCCCC(C)C. The highest BCUT2D eigenvalue weighted by Crippen LogP contribution is 2.10. The molecule has 0 aliphatic carbocycles. The van der Waals surface area contributed by atoms with Gasteiger partial charge in [-0.25, -0.2) is 9.59 Å². The molecule has 0 aromatic rings. The number of unbranched alkanes of at least 4 members (excludes halogenated alkanes) is 5. The van der Waals surface area contributed by atoms with Gasteiger partial charge < -0.3 is 9.47 Å². The summed E-state index contributed by atoms with van der Waals surface area (Å²) in [6.07, 6.45) is 12.2. The zero-order valence-electron chi connectivity index (χ0n) is 16.0. The van der Waals surface area contributed by atoms with Gasteiger partial charge in [0.1, 0.15) is 0 Å². The van der Waals surface area contributed by atoms with Crippen LogP contribution in [-0.4, -0.2) is 24.6 Å². The van der Waals surface area contributed by atoms with E-state index in [-0.39, 0.29) is 6.10 Å². The molecule has 0 aromatic carbocycles. The number of ether oxygens (including phenoxy) is 2. The number of rotatable bonds is 14. The Kier molecular flexibility index (Phi) is 14.4. The molecular formula is C20H36O4. The summed E-state index contributed by atoms with van der Waals surface area (Å²) >= 11 is 0. The first-order valence-electron chi connectivity index (χ1n) is 9.51. The van der Waals surface area contributed by atoms with Crippen molar-refractivity contribution in [3.8, 4) is 0 Å². The van der Waals surface area contributed by atoms with E-state index in [1.54, 1.807) is 0 Å². The first-order valence-corrected chi connectivity index (χ1v) is 9.51. The molecule has 0 rings (SSSR count). The lowest BCUT2D eigenvalue weighted by Crippen LogP contribution is -2.13. The van der Waals surface area contributed by atoms with E-state index in [9.17, 15) is 9.59 Å². The van der Waals surface area contributed by atoms with E-state index in [1.165, 1.54) is 32.1 Å². The van der Waals surface area contributed by atoms with Crippen LogP contribution in [0.2, 0.25) is 0 Å². The fourth-order valence-corrected chi connectivity index (χ4v) is 2.36. The fraction of sp³-hybridized carbons (Fsp3) is 0.800. The van der Waals surface area contributed by atoms with Crippen molar-refractivity contribution < 1.29 is 19.1 Å². The third-order valence-electron chi connectivity index (χ3n) is 3.81. The Morgan fingerprint density at radius 2 is 1.46 bits per heavy atom. The van der Waals surface area contributed by atoms with Gasteiger partial charge in [-0.3, -0.25) is 0 Å². The second-order valence-electron chi connectivity index (χ2n) is 6.84. The van der Waals surface area contributed by atoms with Crippen LogP contribution >= 0.6 is 0 Å². The molecule has 1 unspecified atom stereocenters. The second-order valence-corrected chi connectivity index (χ2v) is 6.84. The Morgan fingerprint density at radius 3 is 2.12 bits per heavy atom. The quantitative estimate of drug-likeness (QED) is 0.248. The first kappa shape index (κ1) is 22.7. The van der Waals surface area contributed by atoms with Crippen molar-refractivity contribution in [1.82, 2.24) is 0 Å². The average molecular weight is 341 g/mol. The molecule has 24 heavy (non-hydrogen) atoms. The zero-order chi connectivity index (χ0) is 18.2. The van der Waals surface area contributed by atoms with Gasteiger partial charge in [0.25, 0.3) is 0 Å². The summed E-state index contributed by atoms with van der Waals surface area (Å²) < 4.78 is 10.3. The number of carbonyl (C=O) groups is 2. The standard InChI is InChI=1S/C20H36O4/c1-5-6-7-8-9-10-13-18(4)24-20(22)15-14-19(21)23-16-11-12-17(2)3/h14-15,17-18H,5-13,16H2,1-4H3/b15-14+. The smallest absolute Gasteiger partial charge is 0.331 e. The van der Waals surface area contributed by atoms with Crippen molar-refractivity contribution in [2.75, 3.05) is 6.61 Å². The van der Waals surface area contributed by atoms with Crippen LogP contribution in [-0.2, 0) is 19.1 Å². The molecule has 1 atom stereocenters. The lowest BCUT2D eigenvalue weighted by molar-refractivity contribution is -0.143. The second kappa shape index (κ2) is 15.2. The van der Waals surface area contributed by atoms with Crippen molar-refractivity contribution in [3.05, 3.63) is 12.2 Å². The van der Waals surface area contributed by atoms with Crippen LogP contribution in [0.5, 0.6) is 0 Å². The van der Waals surface area contributed by atoms with E-state index in [4.69, 9.17) is 9.47 Å². The van der Waals surface area contributed by atoms with Gasteiger partial charge in [0.2, 0.25) is 0 Å². The highest BCUT2D eigenvalue weighted by molar-refractivity contribution is 5.91. The fourth-order valence-electron chi connectivity index (χ4n) is 2.36. The normalized spacial score (nSPS) is 12.5. The molecule has 0 N–H and O–H groups in total. The lowest BCUT2D eigenvalue weighted by atomic mass is 10.1. The molecule has 0 saturated carbocycles. The van der Waals surface area contributed by atoms with E-state index in [0.29, 0.717) is 12.5 Å². The van der Waals surface area contributed by atoms with Gasteiger partial charge in [0, 0.05) is 12.2 Å². The minimum Gasteiger partial charge on any atom is -0.463 e. The van der Waals surface area contributed by atoms with E-state index < -0.39 is 11.9 Å². The van der Waals surface area contributed by atoms with Crippen molar-refractivity contribution in [2.45, 2.75) is 91.6 Å². The van der Waals surface area contributed by atoms with E-state index in [1.807, 2.05) is 6.92 Å². The maximum absolute atomic E-state index is 11.6. The van der Waals surface area contributed by atoms with Gasteiger partial charge in [-0.2, -0.15) is 0 Å². The van der Waals surface area contributed by atoms with Gasteiger partial charge >= 0.3 is 11.9 Å². The average Bonchev–Trinajstić information content (AvgIpc) is 2.52. The van der Waals surface area contributed by atoms with Crippen LogP contribution in [0.4, 0.5) is 0 Å². The molecular weight excluding hydrogens is 304 g/mol. The highest BCUT2D eigenvalue weighted by Gasteiger charge is 2.07. The van der Waals surface area contributed by atoms with Crippen molar-refractivity contribution >= 4 is 11.9 Å². The van der Waals surface area contributed by atoms with Gasteiger partial charge in [0.05, 0.1) is 12.7 Å². The molecule has 0 aromatic heterocycles. The molecule has 0 aliphatic rings. The molecule has 0 fully saturated rings. The molecule has 0 spiro atoms. The Balaban J connectivity index is 3.72. The summed E-state index contributed by atoms with van der Waals surface area (Å²) in [6.45, 7) is 8.75. The van der Waals surface area contributed by atoms with Crippen molar-refractivity contribution in [2.24, 2.45) is 5.92 Å². The van der Waals surface area contributed by atoms with Crippen molar-refractivity contribution in [1.29, 1.82) is 0 Å². The minimum absolute atomic E-state index is 0.115. The Morgan fingerprint density at radius 1 is 0.833 bits per heavy atom. The molecule has 0 aliphatic heterocycles. The third kappa shape index (κ3) is 15.6. The van der Waals surface area contributed by atoms with Gasteiger partial charge in [-0.15, -0.1) is 0 Å². The van der Waals surface area contributed by atoms with Gasteiger partial charge in [-0.1, -0.05) is 52.9 Å². The van der Waals surface area contributed by atoms with Gasteiger partial charge in [0.15, 0.2) is 0 Å². The molecule has 4 nitrogen and oxygen atoms in total. The van der Waals surface area contributed by atoms with Crippen molar-refractivity contribution in [3.63, 3.8) is 0 Å². The molecule has 0 saturated heterocycles. The number of hydrogen-bond acceptors (Lipinski definition) is 4. The first-order chi connectivity index (χ1) is 11.5. The summed E-state index contributed by atoms with van der Waals surface area (Å²) in [7, 11) is 0. The van der Waals surface area contributed by atoms with Crippen LogP contribution in [0.15, 0.2) is 12.2 Å². The molecule has 140 valence electrons. The van der Waals surface area contributed by atoms with Crippen LogP contribution in [0.25, 0.3) is 0 Å². The summed E-state index contributed by atoms with van der Waals surface area (Å²) in [6, 6.07) is 0. The predicted octanol–water partition coefficient (Wildman–Crippen LogP) is 5.20. The van der Waals surface area contributed by atoms with Crippen LogP contribution in [0.3, 0.4) is 0 Å². The number of esters is 2. The molecule has 0 amide bonds. The van der Waals surface area contributed by atoms with Gasteiger partial charge in [-0.05, 0) is 38.5 Å². The Labute approximate surface area is 148 Å². The third-order valence-corrected chi connectivity index (χ3v) is 3.81. The van der Waals surface area contributed by atoms with Crippen LogP contribution < -0.4 is 0 Å². The predicted molar refractivity (Wildman–Crippen MR) is 97.7 cm³/mol. The molecule has 0 radical (unpaired) electrons. The monoisotopic (exact) mass is 340 g/mol. The molecule has 0 heterocycles. The summed E-state index contributed by atoms with van der Waals surface area (Å²) in [5.41, 5.74) is 0. The molecule has 4 heteroatoms. The maximum atomic E-state index is 11.6. The lowest BCUT2D eigenvalue weighted by Gasteiger charge is -2.11. The molecule has 0 bridgehead atoms. The number of hydrogen-bond donors (Lipinski definition) is 0. The highest BCUT2D eigenvalue weighted by atomic mass is 16.5. The topological polar surface area (TPSA) is 52.6 Å². The maximum Gasteiger partial charge on any atom is 0.331 e. The zero-order valence-corrected chi connectivity index (χ0v) is 16.0. The summed E-state index contributed by atoms with van der Waals surface area (Å²) in [4.78, 5) is 23.1. The summed E-state index contributed by atoms with van der Waals surface area (Å²) in [5, 5.41) is 0. The number of carbonyl (C=O) groups excluding carboxylic acids is 2. The van der Waals surface area contributed by atoms with Crippen LogP contribution in [0.1, 0.15) is 85.5 Å². The van der Waals surface area contributed by atoms with Crippen LogP contribution in [0, 0.1) is 5.92 Å².